The molecule has 2 heterocycles. The molecule has 2 rings (SSSR count). The quantitative estimate of drug-likeness (QED) is 0.569. The Morgan fingerprint density at radius 3 is 3.14 bits per heavy atom. The molecular formula is C9H9NO3S. The van der Waals surface area contributed by atoms with Gasteiger partial charge in [-0.15, -0.1) is 0 Å². The van der Waals surface area contributed by atoms with Crippen LogP contribution in [-0.2, 0) is 17.1 Å². The van der Waals surface area contributed by atoms with Gasteiger partial charge in [0.2, 0.25) is 0 Å². The predicted molar refractivity (Wildman–Crippen MR) is 52.5 cm³/mol. The van der Waals surface area contributed by atoms with Crippen LogP contribution in [0, 0.1) is 6.92 Å². The maximum absolute atomic E-state index is 10.9. The summed E-state index contributed by atoms with van der Waals surface area (Å²) in [5.41, 5.74) is 2.50. The van der Waals surface area contributed by atoms with Crippen LogP contribution in [-0.4, -0.2) is 11.1 Å². The van der Waals surface area contributed by atoms with E-state index in [2.05, 4.69) is 17.6 Å². The Morgan fingerprint density at radius 2 is 2.43 bits per heavy atom. The first kappa shape index (κ1) is 9.33. The number of hydrogen-bond donors (Lipinski definition) is 1. The standard InChI is InChI=1S/C9H9NO3S/c1-5-8-7(3-12-9(11)13-8)6(4-14)2-10-5/h2,14H,3-4H2,1H3. The van der Waals surface area contributed by atoms with Gasteiger partial charge in [0.25, 0.3) is 0 Å². The Morgan fingerprint density at radius 1 is 1.64 bits per heavy atom. The number of pyridine rings is 1. The lowest BCUT2D eigenvalue weighted by Gasteiger charge is -2.19. The van der Waals surface area contributed by atoms with Crippen molar-refractivity contribution >= 4 is 18.8 Å². The lowest BCUT2D eigenvalue weighted by Crippen LogP contribution is -2.19. The third-order valence-electron chi connectivity index (χ3n) is 2.09. The fourth-order valence-electron chi connectivity index (χ4n) is 1.35. The Labute approximate surface area is 86.6 Å². The van der Waals surface area contributed by atoms with Crippen molar-refractivity contribution in [3.63, 3.8) is 0 Å². The van der Waals surface area contributed by atoms with Crippen LogP contribution >= 0.6 is 12.6 Å². The molecule has 0 radical (unpaired) electrons. The van der Waals surface area contributed by atoms with Crippen molar-refractivity contribution in [3.05, 3.63) is 23.0 Å². The van der Waals surface area contributed by atoms with Crippen molar-refractivity contribution in [1.29, 1.82) is 0 Å². The van der Waals surface area contributed by atoms with E-state index in [4.69, 9.17) is 9.47 Å². The number of aromatic nitrogens is 1. The molecule has 0 N–H and O–H groups in total. The highest BCUT2D eigenvalue weighted by molar-refractivity contribution is 7.79. The van der Waals surface area contributed by atoms with Gasteiger partial charge in [0, 0.05) is 17.5 Å². The summed E-state index contributed by atoms with van der Waals surface area (Å²) in [4.78, 5) is 15.0. The third kappa shape index (κ3) is 1.43. The smallest absolute Gasteiger partial charge is 0.429 e. The van der Waals surface area contributed by atoms with Crippen molar-refractivity contribution < 1.29 is 14.3 Å². The molecule has 0 fully saturated rings. The van der Waals surface area contributed by atoms with E-state index in [9.17, 15) is 4.79 Å². The molecular weight excluding hydrogens is 202 g/mol. The Balaban J connectivity index is 2.54. The zero-order valence-electron chi connectivity index (χ0n) is 7.61. The maximum atomic E-state index is 10.9. The van der Waals surface area contributed by atoms with Gasteiger partial charge in [0.05, 0.1) is 5.69 Å². The van der Waals surface area contributed by atoms with E-state index < -0.39 is 6.16 Å². The first-order chi connectivity index (χ1) is 6.72. The molecule has 0 atom stereocenters. The zero-order chi connectivity index (χ0) is 10.1. The Hall–Kier alpha value is -1.23. The molecule has 5 heteroatoms. The molecule has 0 amide bonds. The average molecular weight is 211 g/mol. The van der Waals surface area contributed by atoms with Gasteiger partial charge in [0.15, 0.2) is 5.75 Å². The van der Waals surface area contributed by atoms with Gasteiger partial charge in [0.1, 0.15) is 6.61 Å². The van der Waals surface area contributed by atoms with Gasteiger partial charge in [-0.25, -0.2) is 4.79 Å². The second-order valence-corrected chi connectivity index (χ2v) is 3.29. The summed E-state index contributed by atoms with van der Waals surface area (Å²) in [6.45, 7) is 2.03. The van der Waals surface area contributed by atoms with Crippen molar-refractivity contribution in [3.8, 4) is 5.75 Å². The van der Waals surface area contributed by atoms with E-state index in [1.807, 2.05) is 0 Å². The molecule has 0 unspecified atom stereocenters. The Kier molecular flexibility index (Phi) is 2.33. The van der Waals surface area contributed by atoms with Crippen LogP contribution in [0.2, 0.25) is 0 Å². The highest BCUT2D eigenvalue weighted by Gasteiger charge is 2.23. The van der Waals surface area contributed by atoms with Gasteiger partial charge in [-0.1, -0.05) is 0 Å². The second-order valence-electron chi connectivity index (χ2n) is 2.98. The van der Waals surface area contributed by atoms with E-state index in [1.54, 1.807) is 13.1 Å². The van der Waals surface area contributed by atoms with Gasteiger partial charge in [-0.2, -0.15) is 12.6 Å². The lowest BCUT2D eigenvalue weighted by atomic mass is 10.1. The molecule has 0 aliphatic carbocycles. The first-order valence-corrected chi connectivity index (χ1v) is 4.78. The van der Waals surface area contributed by atoms with Crippen LogP contribution in [0.25, 0.3) is 0 Å². The molecule has 1 aliphatic rings. The highest BCUT2D eigenvalue weighted by Crippen LogP contribution is 2.30. The largest absolute Gasteiger partial charge is 0.514 e. The maximum Gasteiger partial charge on any atom is 0.514 e. The number of aryl methyl sites for hydroxylation is 1. The molecule has 0 bridgehead atoms. The number of thiol groups is 1. The molecule has 14 heavy (non-hydrogen) atoms. The molecule has 1 aromatic rings. The number of ether oxygens (including phenoxy) is 2. The van der Waals surface area contributed by atoms with Crippen molar-refractivity contribution in [2.24, 2.45) is 0 Å². The summed E-state index contributed by atoms with van der Waals surface area (Å²) in [7, 11) is 0. The molecule has 0 aromatic carbocycles. The average Bonchev–Trinajstić information content (AvgIpc) is 2.19. The van der Waals surface area contributed by atoms with Gasteiger partial charge >= 0.3 is 6.16 Å². The van der Waals surface area contributed by atoms with Crippen LogP contribution in [0.1, 0.15) is 16.8 Å². The molecule has 0 saturated heterocycles. The number of carbonyl (C=O) groups is 1. The first-order valence-electron chi connectivity index (χ1n) is 4.15. The molecule has 0 saturated carbocycles. The van der Waals surface area contributed by atoms with E-state index in [-0.39, 0.29) is 6.61 Å². The van der Waals surface area contributed by atoms with E-state index in [0.29, 0.717) is 17.2 Å². The minimum absolute atomic E-state index is 0.243. The Bertz CT molecular complexity index is 392. The summed E-state index contributed by atoms with van der Waals surface area (Å²) in [5.74, 6) is 1.07. The van der Waals surface area contributed by atoms with Crippen molar-refractivity contribution in [2.45, 2.75) is 19.3 Å². The summed E-state index contributed by atoms with van der Waals surface area (Å²) >= 11 is 4.16. The normalized spacial score (nSPS) is 14.3. The lowest BCUT2D eigenvalue weighted by molar-refractivity contribution is 0.0775. The highest BCUT2D eigenvalue weighted by atomic mass is 32.1. The van der Waals surface area contributed by atoms with Crippen LogP contribution < -0.4 is 4.74 Å². The summed E-state index contributed by atoms with van der Waals surface area (Å²) in [6.07, 6.45) is 1.06. The number of cyclic esters (lactones) is 1. The number of nitrogens with zero attached hydrogens (tertiary/aromatic N) is 1. The second kappa shape index (κ2) is 3.49. The van der Waals surface area contributed by atoms with Crippen LogP contribution in [0.3, 0.4) is 0 Å². The monoisotopic (exact) mass is 211 g/mol. The SMILES string of the molecule is Cc1ncc(CS)c2c1OC(=O)OC2. The molecule has 4 nitrogen and oxygen atoms in total. The van der Waals surface area contributed by atoms with Crippen LogP contribution in [0.15, 0.2) is 6.20 Å². The molecule has 0 spiro atoms. The fraction of sp³-hybridized carbons (Fsp3) is 0.333. The minimum Gasteiger partial charge on any atom is -0.429 e. The topological polar surface area (TPSA) is 48.4 Å². The number of rotatable bonds is 1. The van der Waals surface area contributed by atoms with Gasteiger partial charge < -0.3 is 9.47 Å². The van der Waals surface area contributed by atoms with E-state index in [0.717, 1.165) is 11.1 Å². The number of hydrogen-bond acceptors (Lipinski definition) is 5. The van der Waals surface area contributed by atoms with E-state index in [1.165, 1.54) is 0 Å². The van der Waals surface area contributed by atoms with Crippen LogP contribution in [0.4, 0.5) is 4.79 Å². The van der Waals surface area contributed by atoms with Gasteiger partial charge in [-0.3, -0.25) is 4.98 Å². The predicted octanol–water partition coefficient (Wildman–Crippen LogP) is 1.85. The fourth-order valence-corrected chi connectivity index (χ4v) is 1.62. The number of carbonyl (C=O) groups excluding carboxylic acids is 1. The van der Waals surface area contributed by atoms with E-state index >= 15 is 0 Å². The third-order valence-corrected chi connectivity index (χ3v) is 2.44. The molecule has 74 valence electrons. The van der Waals surface area contributed by atoms with Crippen LogP contribution in [0.5, 0.6) is 5.75 Å². The van der Waals surface area contributed by atoms with Crippen molar-refractivity contribution in [1.82, 2.24) is 4.98 Å². The zero-order valence-corrected chi connectivity index (χ0v) is 8.51. The van der Waals surface area contributed by atoms with Gasteiger partial charge in [-0.05, 0) is 12.5 Å². The summed E-state index contributed by atoms with van der Waals surface area (Å²) in [6, 6.07) is 0. The minimum atomic E-state index is -0.668. The molecule has 1 aliphatic heterocycles. The summed E-state index contributed by atoms with van der Waals surface area (Å²) in [5, 5.41) is 0. The van der Waals surface area contributed by atoms with Crippen molar-refractivity contribution in [2.75, 3.05) is 0 Å². The number of fused-ring (bicyclic) bond motifs is 1. The molecule has 1 aromatic heterocycles. The summed E-state index contributed by atoms with van der Waals surface area (Å²) < 4.78 is 9.73.